The highest BCUT2D eigenvalue weighted by Crippen LogP contribution is 2.26. The van der Waals surface area contributed by atoms with Crippen molar-refractivity contribution in [3.05, 3.63) is 35.4 Å². The van der Waals surface area contributed by atoms with Crippen LogP contribution in [0, 0.1) is 0 Å². The van der Waals surface area contributed by atoms with Gasteiger partial charge < -0.3 is 4.74 Å². The van der Waals surface area contributed by atoms with E-state index in [1.54, 1.807) is 24.3 Å². The molecular weight excluding hydrogens is 294 g/mol. The Morgan fingerprint density at radius 2 is 1.70 bits per heavy atom. The van der Waals surface area contributed by atoms with E-state index in [-0.39, 0.29) is 18.4 Å². The summed E-state index contributed by atoms with van der Waals surface area (Å²) in [6.45, 7) is 3.52. The molecule has 1 aliphatic rings. The summed E-state index contributed by atoms with van der Waals surface area (Å²) in [5, 5.41) is 0. The Bertz CT molecular complexity index is 561. The van der Waals surface area contributed by atoms with Crippen molar-refractivity contribution in [1.29, 1.82) is 0 Å². The summed E-state index contributed by atoms with van der Waals surface area (Å²) in [6, 6.07) is 6.42. The lowest BCUT2D eigenvalue weighted by Gasteiger charge is -2.25. The average molecular weight is 317 g/mol. The van der Waals surface area contributed by atoms with Crippen LogP contribution in [0.3, 0.4) is 0 Å². The Kier molecular flexibility index (Phi) is 5.90. The van der Waals surface area contributed by atoms with Gasteiger partial charge in [-0.25, -0.2) is 0 Å². The molecule has 1 unspecified atom stereocenters. The van der Waals surface area contributed by atoms with E-state index >= 15 is 0 Å². The molecule has 124 valence electrons. The van der Waals surface area contributed by atoms with Crippen LogP contribution in [-0.4, -0.2) is 35.3 Å². The van der Waals surface area contributed by atoms with Crippen LogP contribution in [-0.2, 0) is 9.53 Å². The van der Waals surface area contributed by atoms with E-state index in [4.69, 9.17) is 4.74 Å². The molecule has 5 nitrogen and oxygen atoms in total. The van der Waals surface area contributed by atoms with E-state index in [1.165, 1.54) is 11.8 Å². The summed E-state index contributed by atoms with van der Waals surface area (Å²) < 4.78 is 5.08. The molecule has 1 atom stereocenters. The Balaban J connectivity index is 2.13. The molecule has 0 N–H and O–H groups in total. The van der Waals surface area contributed by atoms with Gasteiger partial charge in [-0.15, -0.1) is 0 Å². The van der Waals surface area contributed by atoms with E-state index in [2.05, 4.69) is 6.92 Å². The molecule has 0 saturated carbocycles. The number of ether oxygens (including phenoxy) is 1. The second kappa shape index (κ2) is 7.90. The molecule has 0 spiro atoms. The molecule has 5 heteroatoms. The maximum Gasteiger partial charge on any atom is 0.302 e. The van der Waals surface area contributed by atoms with Gasteiger partial charge in [0.15, 0.2) is 0 Å². The van der Waals surface area contributed by atoms with Crippen molar-refractivity contribution in [2.45, 2.75) is 52.0 Å². The number of imide groups is 1. The van der Waals surface area contributed by atoms with Gasteiger partial charge in [-0.05, 0) is 18.6 Å². The van der Waals surface area contributed by atoms with Crippen LogP contribution in [0.25, 0.3) is 0 Å². The zero-order valence-electron chi connectivity index (χ0n) is 13.7. The fraction of sp³-hybridized carbons (Fsp3) is 0.500. The lowest BCUT2D eigenvalue weighted by atomic mass is 10.1. The lowest BCUT2D eigenvalue weighted by Crippen LogP contribution is -2.43. The average Bonchev–Trinajstić information content (AvgIpc) is 2.79. The number of nitrogens with zero attached hydrogens (tertiary/aromatic N) is 1. The van der Waals surface area contributed by atoms with Gasteiger partial charge >= 0.3 is 5.97 Å². The maximum absolute atomic E-state index is 12.5. The van der Waals surface area contributed by atoms with Crippen molar-refractivity contribution in [1.82, 2.24) is 4.90 Å². The van der Waals surface area contributed by atoms with Gasteiger partial charge in [0.05, 0.1) is 17.2 Å². The van der Waals surface area contributed by atoms with Crippen molar-refractivity contribution >= 4 is 17.8 Å². The van der Waals surface area contributed by atoms with Gasteiger partial charge in [0.25, 0.3) is 11.8 Å². The van der Waals surface area contributed by atoms with Crippen LogP contribution in [0.4, 0.5) is 0 Å². The van der Waals surface area contributed by atoms with E-state index in [0.717, 1.165) is 25.7 Å². The number of carbonyl (C=O) groups is 3. The number of hydrogen-bond acceptors (Lipinski definition) is 4. The fourth-order valence-electron chi connectivity index (χ4n) is 2.85. The van der Waals surface area contributed by atoms with Gasteiger partial charge in [-0.2, -0.15) is 0 Å². The highest BCUT2D eigenvalue weighted by Gasteiger charge is 2.39. The predicted molar refractivity (Wildman–Crippen MR) is 86.1 cm³/mol. The molecule has 1 aromatic rings. The zero-order valence-corrected chi connectivity index (χ0v) is 13.7. The minimum atomic E-state index is -0.403. The zero-order chi connectivity index (χ0) is 16.8. The van der Waals surface area contributed by atoms with Crippen LogP contribution in [0.1, 0.15) is 66.7 Å². The van der Waals surface area contributed by atoms with E-state index < -0.39 is 12.0 Å². The summed E-state index contributed by atoms with van der Waals surface area (Å²) in [7, 11) is 0. The van der Waals surface area contributed by atoms with E-state index in [1.807, 2.05) is 0 Å². The summed E-state index contributed by atoms with van der Waals surface area (Å²) >= 11 is 0. The Morgan fingerprint density at radius 1 is 1.09 bits per heavy atom. The number of benzene rings is 1. The van der Waals surface area contributed by atoms with E-state index in [9.17, 15) is 14.4 Å². The molecule has 2 rings (SSSR count). The van der Waals surface area contributed by atoms with E-state index in [0.29, 0.717) is 17.5 Å². The molecule has 0 aliphatic carbocycles. The van der Waals surface area contributed by atoms with Crippen LogP contribution in [0.2, 0.25) is 0 Å². The normalized spacial score (nSPS) is 14.8. The summed E-state index contributed by atoms with van der Waals surface area (Å²) in [5.74, 6) is -0.989. The second-order valence-corrected chi connectivity index (χ2v) is 5.83. The quantitative estimate of drug-likeness (QED) is 0.420. The van der Waals surface area contributed by atoms with Gasteiger partial charge in [-0.1, -0.05) is 44.7 Å². The maximum atomic E-state index is 12.5. The molecule has 0 saturated heterocycles. The number of carbonyl (C=O) groups excluding carboxylic acids is 3. The molecular formula is C18H23NO4. The van der Waals surface area contributed by atoms with Crippen molar-refractivity contribution in [3.63, 3.8) is 0 Å². The smallest absolute Gasteiger partial charge is 0.302 e. The first-order valence-corrected chi connectivity index (χ1v) is 8.16. The third kappa shape index (κ3) is 3.97. The second-order valence-electron chi connectivity index (χ2n) is 5.83. The topological polar surface area (TPSA) is 63.7 Å². The third-order valence-electron chi connectivity index (χ3n) is 4.06. The lowest BCUT2D eigenvalue weighted by molar-refractivity contribution is -0.142. The monoisotopic (exact) mass is 317 g/mol. The Morgan fingerprint density at radius 3 is 2.22 bits per heavy atom. The number of unbranched alkanes of at least 4 members (excludes halogenated alkanes) is 3. The Labute approximate surface area is 136 Å². The van der Waals surface area contributed by atoms with Crippen molar-refractivity contribution < 1.29 is 19.1 Å². The number of fused-ring (bicyclic) bond motifs is 1. The predicted octanol–water partition coefficient (Wildman–Crippen LogP) is 3.18. The standard InChI is InChI=1S/C18H23NO4/c1-3-4-5-6-9-14(12-23-13(2)20)19-17(21)15-10-7-8-11-16(15)18(19)22/h7-8,10-11,14H,3-6,9,12H2,1-2H3. The van der Waals surface area contributed by atoms with Gasteiger partial charge in [0.1, 0.15) is 6.61 Å². The summed E-state index contributed by atoms with van der Waals surface area (Å²) in [6.07, 6.45) is 4.81. The Hall–Kier alpha value is -2.17. The first-order chi connectivity index (χ1) is 11.1. The molecule has 0 bridgehead atoms. The summed E-state index contributed by atoms with van der Waals surface area (Å²) in [4.78, 5) is 37.5. The van der Waals surface area contributed by atoms with Crippen LogP contribution in [0.15, 0.2) is 24.3 Å². The molecule has 23 heavy (non-hydrogen) atoms. The molecule has 1 heterocycles. The number of esters is 1. The molecule has 1 aliphatic heterocycles. The largest absolute Gasteiger partial charge is 0.464 e. The van der Waals surface area contributed by atoms with Gasteiger partial charge in [0.2, 0.25) is 0 Å². The minimum Gasteiger partial charge on any atom is -0.464 e. The first kappa shape index (κ1) is 17.2. The number of rotatable bonds is 8. The molecule has 0 fully saturated rings. The van der Waals surface area contributed by atoms with Crippen molar-refractivity contribution in [2.24, 2.45) is 0 Å². The molecule has 0 radical (unpaired) electrons. The third-order valence-corrected chi connectivity index (χ3v) is 4.06. The van der Waals surface area contributed by atoms with Crippen LogP contribution in [0.5, 0.6) is 0 Å². The molecule has 2 amide bonds. The van der Waals surface area contributed by atoms with Gasteiger partial charge in [0, 0.05) is 6.92 Å². The van der Waals surface area contributed by atoms with Crippen LogP contribution < -0.4 is 0 Å². The molecule has 0 aromatic heterocycles. The van der Waals surface area contributed by atoms with Gasteiger partial charge in [-0.3, -0.25) is 19.3 Å². The number of amides is 2. The SMILES string of the molecule is CCCCCCC(COC(C)=O)N1C(=O)c2ccccc2C1=O. The van der Waals surface area contributed by atoms with Crippen LogP contribution >= 0.6 is 0 Å². The minimum absolute atomic E-state index is 0.0624. The highest BCUT2D eigenvalue weighted by atomic mass is 16.5. The molecule has 1 aromatic carbocycles. The summed E-state index contributed by atoms with van der Waals surface area (Å²) in [5.41, 5.74) is 0.859. The van der Waals surface area contributed by atoms with Crippen molar-refractivity contribution in [2.75, 3.05) is 6.61 Å². The van der Waals surface area contributed by atoms with Crippen molar-refractivity contribution in [3.8, 4) is 0 Å². The first-order valence-electron chi connectivity index (χ1n) is 8.16. The highest BCUT2D eigenvalue weighted by molar-refractivity contribution is 6.21. The fourth-order valence-corrected chi connectivity index (χ4v) is 2.85. The number of hydrogen-bond donors (Lipinski definition) is 0.